The smallest absolute Gasteiger partial charge is 0.272 e. The fourth-order valence-corrected chi connectivity index (χ4v) is 3.86. The van der Waals surface area contributed by atoms with Crippen LogP contribution in [-0.4, -0.2) is 26.0 Å². The Kier molecular flexibility index (Phi) is 4.35. The molecule has 1 N–H and O–H groups in total. The lowest BCUT2D eigenvalue weighted by molar-refractivity contribution is 0.0745. The first-order chi connectivity index (χ1) is 14.6. The van der Waals surface area contributed by atoms with E-state index in [1.54, 1.807) is 35.4 Å². The Hall–Kier alpha value is -3.87. The molecule has 148 valence electrons. The molecule has 0 saturated carbocycles. The highest BCUT2D eigenvalue weighted by atomic mass is 19.1. The van der Waals surface area contributed by atoms with Crippen molar-refractivity contribution in [3.8, 4) is 0 Å². The van der Waals surface area contributed by atoms with Crippen LogP contribution >= 0.6 is 0 Å². The molecule has 0 fully saturated rings. The molecule has 7 heteroatoms. The lowest BCUT2D eigenvalue weighted by Gasteiger charge is -2.16. The molecule has 0 saturated heterocycles. The van der Waals surface area contributed by atoms with E-state index >= 15 is 0 Å². The van der Waals surface area contributed by atoms with Gasteiger partial charge in [-0.15, -0.1) is 0 Å². The predicted octanol–water partition coefficient (Wildman–Crippen LogP) is 3.20. The molecule has 2 aromatic carbocycles. The highest BCUT2D eigenvalue weighted by Gasteiger charge is 2.27. The maximum atomic E-state index is 14.5. The maximum Gasteiger partial charge on any atom is 0.272 e. The second kappa shape index (κ2) is 7.18. The van der Waals surface area contributed by atoms with Crippen LogP contribution in [0.5, 0.6) is 0 Å². The number of H-pyrrole nitrogens is 1. The molecule has 0 spiro atoms. The first-order valence-corrected chi connectivity index (χ1v) is 9.57. The van der Waals surface area contributed by atoms with Crippen LogP contribution in [0.2, 0.25) is 0 Å². The Bertz CT molecular complexity index is 1320. The Labute approximate surface area is 171 Å². The van der Waals surface area contributed by atoms with E-state index in [9.17, 15) is 14.0 Å². The number of hydrogen-bond acceptors (Lipinski definition) is 4. The number of amides is 1. The zero-order valence-electron chi connectivity index (χ0n) is 15.9. The summed E-state index contributed by atoms with van der Waals surface area (Å²) in [6.07, 6.45) is 2.05. The summed E-state index contributed by atoms with van der Waals surface area (Å²) < 4.78 is 14.5. The average molecular weight is 400 g/mol. The van der Waals surface area contributed by atoms with Crippen LogP contribution in [0.4, 0.5) is 4.39 Å². The molecule has 0 radical (unpaired) electrons. The van der Waals surface area contributed by atoms with Crippen LogP contribution < -0.4 is 5.56 Å². The van der Waals surface area contributed by atoms with E-state index in [1.807, 2.05) is 24.3 Å². The van der Waals surface area contributed by atoms with Crippen LogP contribution in [0.15, 0.2) is 65.6 Å². The van der Waals surface area contributed by atoms with Crippen molar-refractivity contribution >= 4 is 16.7 Å². The summed E-state index contributed by atoms with van der Waals surface area (Å²) >= 11 is 0. The molecule has 6 nitrogen and oxygen atoms in total. The Balaban J connectivity index is 1.46. The van der Waals surface area contributed by atoms with Gasteiger partial charge in [-0.2, -0.15) is 5.10 Å². The number of rotatable bonds is 3. The van der Waals surface area contributed by atoms with Crippen LogP contribution in [0.3, 0.4) is 0 Å². The number of pyridine rings is 1. The first-order valence-electron chi connectivity index (χ1n) is 9.57. The van der Waals surface area contributed by atoms with E-state index in [4.69, 9.17) is 0 Å². The fourth-order valence-electron chi connectivity index (χ4n) is 3.86. The van der Waals surface area contributed by atoms with Gasteiger partial charge in [-0.05, 0) is 35.4 Å². The van der Waals surface area contributed by atoms with E-state index in [1.165, 1.54) is 6.07 Å². The van der Waals surface area contributed by atoms with Crippen molar-refractivity contribution in [2.24, 2.45) is 0 Å². The lowest BCUT2D eigenvalue weighted by atomic mass is 10.0. The minimum absolute atomic E-state index is 0.0223. The van der Waals surface area contributed by atoms with Crippen molar-refractivity contribution in [2.75, 3.05) is 0 Å². The summed E-state index contributed by atoms with van der Waals surface area (Å²) in [4.78, 5) is 30.9. The number of carbonyl (C=O) groups excluding carboxylic acids is 1. The van der Waals surface area contributed by atoms with Gasteiger partial charge in [0, 0.05) is 24.5 Å². The average Bonchev–Trinajstić information content (AvgIpc) is 3.21. The molecule has 1 amide bonds. The third-order valence-corrected chi connectivity index (χ3v) is 5.38. The van der Waals surface area contributed by atoms with Gasteiger partial charge in [0.25, 0.3) is 11.5 Å². The monoisotopic (exact) mass is 400 g/mol. The fraction of sp³-hybridized carbons (Fsp3) is 0.130. The molecule has 0 atom stereocenters. The van der Waals surface area contributed by atoms with E-state index < -0.39 is 5.82 Å². The number of aromatic amines is 1. The summed E-state index contributed by atoms with van der Waals surface area (Å²) in [5, 5.41) is 7.95. The van der Waals surface area contributed by atoms with E-state index in [-0.39, 0.29) is 17.0 Å². The molecular weight excluding hydrogens is 383 g/mol. The zero-order valence-corrected chi connectivity index (χ0v) is 15.9. The van der Waals surface area contributed by atoms with Gasteiger partial charge in [0.1, 0.15) is 5.82 Å². The quantitative estimate of drug-likeness (QED) is 0.573. The number of nitrogens with zero attached hydrogens (tertiary/aromatic N) is 3. The third-order valence-electron chi connectivity index (χ3n) is 5.38. The lowest BCUT2D eigenvalue weighted by Crippen LogP contribution is -2.26. The SMILES string of the molecule is O=C(c1cc(Cc2n[nH]c(=O)c3ccccc23)ccc1F)N1Cc2cccnc2C1. The summed E-state index contributed by atoms with van der Waals surface area (Å²) in [5.41, 5.74) is 2.98. The predicted molar refractivity (Wildman–Crippen MR) is 109 cm³/mol. The van der Waals surface area contributed by atoms with Crippen molar-refractivity contribution in [2.45, 2.75) is 19.5 Å². The van der Waals surface area contributed by atoms with Gasteiger partial charge in [0.15, 0.2) is 0 Å². The van der Waals surface area contributed by atoms with Crippen LogP contribution in [0.25, 0.3) is 10.8 Å². The normalized spacial score (nSPS) is 12.9. The van der Waals surface area contributed by atoms with Crippen molar-refractivity contribution in [1.82, 2.24) is 20.1 Å². The standard InChI is InChI=1S/C23H17FN4O2/c24-19-8-7-14(11-20-16-5-1-2-6-17(16)22(29)27-26-20)10-18(19)23(30)28-12-15-4-3-9-25-21(15)13-28/h1-10H,11-13H2,(H,27,29). The molecule has 1 aliphatic heterocycles. The molecule has 1 aliphatic rings. The first kappa shape index (κ1) is 18.2. The molecule has 2 aromatic heterocycles. The highest BCUT2D eigenvalue weighted by molar-refractivity contribution is 5.95. The van der Waals surface area contributed by atoms with Gasteiger partial charge < -0.3 is 4.90 Å². The number of fused-ring (bicyclic) bond motifs is 2. The Morgan fingerprint density at radius 2 is 1.90 bits per heavy atom. The van der Waals surface area contributed by atoms with Crippen LogP contribution in [0, 0.1) is 5.82 Å². The largest absolute Gasteiger partial charge is 0.328 e. The molecular formula is C23H17FN4O2. The van der Waals surface area contributed by atoms with Crippen LogP contribution in [-0.2, 0) is 19.5 Å². The molecule has 30 heavy (non-hydrogen) atoms. The molecule has 0 bridgehead atoms. The minimum atomic E-state index is -0.563. The third kappa shape index (κ3) is 3.14. The van der Waals surface area contributed by atoms with Gasteiger partial charge in [0.05, 0.1) is 28.9 Å². The number of aromatic nitrogens is 3. The summed E-state index contributed by atoms with van der Waals surface area (Å²) in [7, 11) is 0. The van der Waals surface area contributed by atoms with Crippen LogP contribution in [0.1, 0.15) is 32.9 Å². The number of benzene rings is 2. The number of nitrogens with one attached hydrogen (secondary N) is 1. The molecule has 0 unspecified atom stereocenters. The van der Waals surface area contributed by atoms with Gasteiger partial charge in [-0.1, -0.05) is 30.3 Å². The van der Waals surface area contributed by atoms with Crippen molar-refractivity contribution < 1.29 is 9.18 Å². The summed E-state index contributed by atoms with van der Waals surface area (Å²) in [6.45, 7) is 0.780. The summed E-state index contributed by atoms with van der Waals surface area (Å²) in [6, 6.07) is 15.5. The second-order valence-corrected chi connectivity index (χ2v) is 7.31. The molecule has 4 aromatic rings. The van der Waals surface area contributed by atoms with Crippen molar-refractivity contribution in [3.63, 3.8) is 0 Å². The molecule has 5 rings (SSSR count). The van der Waals surface area contributed by atoms with Crippen molar-refractivity contribution in [3.05, 3.63) is 105 Å². The number of halogens is 1. The summed E-state index contributed by atoms with van der Waals surface area (Å²) in [5.74, 6) is -0.932. The Morgan fingerprint density at radius 1 is 1.07 bits per heavy atom. The van der Waals surface area contributed by atoms with Gasteiger partial charge in [-0.3, -0.25) is 14.6 Å². The van der Waals surface area contributed by atoms with Gasteiger partial charge >= 0.3 is 0 Å². The zero-order chi connectivity index (χ0) is 20.7. The second-order valence-electron chi connectivity index (χ2n) is 7.31. The van der Waals surface area contributed by atoms with Gasteiger partial charge in [-0.25, -0.2) is 9.49 Å². The Morgan fingerprint density at radius 3 is 2.73 bits per heavy atom. The van der Waals surface area contributed by atoms with Gasteiger partial charge in [0.2, 0.25) is 0 Å². The topological polar surface area (TPSA) is 79.0 Å². The maximum absolute atomic E-state index is 14.5. The van der Waals surface area contributed by atoms with Crippen molar-refractivity contribution in [1.29, 1.82) is 0 Å². The van der Waals surface area contributed by atoms with E-state index in [0.717, 1.165) is 22.2 Å². The molecule has 0 aliphatic carbocycles. The number of hydrogen-bond donors (Lipinski definition) is 1. The van der Waals surface area contributed by atoms with E-state index in [0.29, 0.717) is 30.6 Å². The minimum Gasteiger partial charge on any atom is -0.328 e. The number of carbonyl (C=O) groups is 1. The molecule has 3 heterocycles. The highest BCUT2D eigenvalue weighted by Crippen LogP contribution is 2.24. The van der Waals surface area contributed by atoms with E-state index in [2.05, 4.69) is 15.2 Å².